The first kappa shape index (κ1) is 26.2. The summed E-state index contributed by atoms with van der Waals surface area (Å²) in [7, 11) is 0. The molecular formula is C19H26F8O4S. The van der Waals surface area contributed by atoms with Gasteiger partial charge in [-0.1, -0.05) is 17.9 Å². The fourth-order valence-corrected chi connectivity index (χ4v) is 6.42. The van der Waals surface area contributed by atoms with Crippen molar-refractivity contribution in [2.24, 2.45) is 23.2 Å². The van der Waals surface area contributed by atoms with Crippen molar-refractivity contribution in [2.45, 2.75) is 94.0 Å². The van der Waals surface area contributed by atoms with Gasteiger partial charge in [-0.25, -0.2) is 9.99 Å². The van der Waals surface area contributed by atoms with Gasteiger partial charge in [0.2, 0.25) is 0 Å². The van der Waals surface area contributed by atoms with E-state index < -0.39 is 48.3 Å². The quantitative estimate of drug-likeness (QED) is 0.0922. The molecule has 4 aliphatic carbocycles. The first-order chi connectivity index (χ1) is 14.7. The van der Waals surface area contributed by atoms with Crippen molar-refractivity contribution in [3.05, 3.63) is 0 Å². The molecule has 0 aromatic rings. The lowest BCUT2D eigenvalue weighted by Crippen LogP contribution is -2.52. The predicted octanol–water partition coefficient (Wildman–Crippen LogP) is 7.65. The van der Waals surface area contributed by atoms with Gasteiger partial charge in [0.15, 0.2) is 0 Å². The Hall–Kier alpha value is -0.370. The zero-order chi connectivity index (χ0) is 23.8. The van der Waals surface area contributed by atoms with Crippen LogP contribution in [0.3, 0.4) is 0 Å². The van der Waals surface area contributed by atoms with Gasteiger partial charge in [-0.15, -0.1) is 4.33 Å². The molecule has 4 aliphatic rings. The van der Waals surface area contributed by atoms with Crippen LogP contribution in [0.1, 0.15) is 70.6 Å². The average Bonchev–Trinajstić information content (AvgIpc) is 2.63. The number of ether oxygens (including phenoxy) is 1. The van der Waals surface area contributed by atoms with Gasteiger partial charge < -0.3 is 0 Å². The topological polar surface area (TPSA) is 47.9 Å². The second kappa shape index (κ2) is 9.35. The summed E-state index contributed by atoms with van der Waals surface area (Å²) in [6.45, 7) is 0. The van der Waals surface area contributed by atoms with E-state index in [-0.39, 0.29) is 11.8 Å². The monoisotopic (exact) mass is 502 g/mol. The van der Waals surface area contributed by atoms with E-state index in [1.165, 1.54) is 19.3 Å². The molecule has 4 saturated carbocycles. The number of halogens is 8. The molecule has 1 N–H and O–H groups in total. The standard InChI is InChI=1S/C19H26F8O4S/c20-16(21,17(22,23)29-18(24,25)19(26,27)32-31-30-28)5-3-1-2-4-15-9-12-6-13(10-15)8-14(7-12)11-15/h12-14,28H,1-11H2. The highest BCUT2D eigenvalue weighted by Crippen LogP contribution is 2.61. The van der Waals surface area contributed by atoms with Crippen LogP contribution >= 0.6 is 12.0 Å². The van der Waals surface area contributed by atoms with E-state index in [0.717, 1.165) is 25.7 Å². The lowest BCUT2D eigenvalue weighted by Gasteiger charge is -2.57. The summed E-state index contributed by atoms with van der Waals surface area (Å²) < 4.78 is 114. The van der Waals surface area contributed by atoms with Crippen molar-refractivity contribution < 1.29 is 54.5 Å². The van der Waals surface area contributed by atoms with Crippen LogP contribution in [0.25, 0.3) is 0 Å². The molecular weight excluding hydrogens is 476 g/mol. The Balaban J connectivity index is 1.45. The third kappa shape index (κ3) is 5.64. The number of rotatable bonds is 13. The van der Waals surface area contributed by atoms with Crippen molar-refractivity contribution >= 4 is 12.0 Å². The third-order valence-electron chi connectivity index (χ3n) is 7.05. The van der Waals surface area contributed by atoms with Gasteiger partial charge in [0.1, 0.15) is 12.0 Å². The number of alkyl halides is 8. The van der Waals surface area contributed by atoms with E-state index in [4.69, 9.17) is 5.26 Å². The van der Waals surface area contributed by atoms with Gasteiger partial charge >= 0.3 is 23.4 Å². The van der Waals surface area contributed by atoms with Gasteiger partial charge in [-0.3, -0.25) is 0 Å². The second-order valence-corrected chi connectivity index (χ2v) is 10.4. The molecule has 4 rings (SSSR count). The highest BCUT2D eigenvalue weighted by atomic mass is 32.2. The van der Waals surface area contributed by atoms with Gasteiger partial charge in [0.25, 0.3) is 0 Å². The predicted molar refractivity (Wildman–Crippen MR) is 97.0 cm³/mol. The third-order valence-corrected chi connectivity index (χ3v) is 7.63. The summed E-state index contributed by atoms with van der Waals surface area (Å²) in [4.78, 5) is 0. The van der Waals surface area contributed by atoms with Crippen LogP contribution in [-0.2, 0) is 14.1 Å². The largest absolute Gasteiger partial charge is 0.436 e. The second-order valence-electron chi connectivity index (χ2n) is 9.56. The summed E-state index contributed by atoms with van der Waals surface area (Å²) in [5.41, 5.74) is 0.204. The van der Waals surface area contributed by atoms with Crippen LogP contribution in [0.5, 0.6) is 0 Å². The summed E-state index contributed by atoms with van der Waals surface area (Å²) in [6, 6.07) is 0. The number of unbranched alkanes of at least 4 members (excludes halogenated alkanes) is 2. The smallest absolute Gasteiger partial charge is 0.245 e. The highest BCUT2D eigenvalue weighted by molar-refractivity contribution is 7.95. The Bertz CT molecular complexity index is 614. The normalized spacial score (nSPS) is 30.8. The summed E-state index contributed by atoms with van der Waals surface area (Å²) >= 11 is -1.57. The Morgan fingerprint density at radius 2 is 1.31 bits per heavy atom. The molecule has 13 heteroatoms. The Kier molecular flexibility index (Phi) is 7.67. The number of hydrogen-bond donors (Lipinski definition) is 1. The van der Waals surface area contributed by atoms with Crippen molar-refractivity contribution in [3.8, 4) is 0 Å². The Morgan fingerprint density at radius 1 is 0.781 bits per heavy atom. The first-order valence-electron chi connectivity index (χ1n) is 10.6. The molecule has 0 unspecified atom stereocenters. The molecule has 0 aromatic heterocycles. The molecule has 0 aromatic carbocycles. The molecule has 0 heterocycles. The molecule has 0 saturated heterocycles. The van der Waals surface area contributed by atoms with Gasteiger partial charge in [-0.05, 0) is 74.5 Å². The van der Waals surface area contributed by atoms with Gasteiger partial charge in [0.05, 0.1) is 0 Å². The van der Waals surface area contributed by atoms with E-state index in [1.54, 1.807) is 0 Å². The maximum Gasteiger partial charge on any atom is 0.436 e. The minimum atomic E-state index is -6.04. The van der Waals surface area contributed by atoms with Crippen LogP contribution in [-0.4, -0.2) is 28.7 Å². The summed E-state index contributed by atoms with van der Waals surface area (Å²) in [5.74, 6) is -2.94. The van der Waals surface area contributed by atoms with Crippen LogP contribution in [0.15, 0.2) is 0 Å². The molecule has 4 bridgehead atoms. The van der Waals surface area contributed by atoms with E-state index in [9.17, 15) is 35.1 Å². The molecule has 0 spiro atoms. The van der Waals surface area contributed by atoms with Crippen molar-refractivity contribution in [1.82, 2.24) is 0 Å². The van der Waals surface area contributed by atoms with E-state index >= 15 is 0 Å². The van der Waals surface area contributed by atoms with Crippen molar-refractivity contribution in [1.29, 1.82) is 0 Å². The summed E-state index contributed by atoms with van der Waals surface area (Å²) in [5, 5.41) is 4.85. The molecule has 0 radical (unpaired) electrons. The van der Waals surface area contributed by atoms with Gasteiger partial charge in [-0.2, -0.15) is 35.1 Å². The maximum atomic E-state index is 13.9. The molecule has 0 amide bonds. The van der Waals surface area contributed by atoms with Crippen molar-refractivity contribution in [3.63, 3.8) is 0 Å². The molecule has 188 valence electrons. The summed E-state index contributed by atoms with van der Waals surface area (Å²) in [6.07, 6.45) is -5.11. The van der Waals surface area contributed by atoms with Crippen LogP contribution in [0.4, 0.5) is 35.1 Å². The molecule has 32 heavy (non-hydrogen) atoms. The zero-order valence-corrected chi connectivity index (χ0v) is 17.9. The lowest BCUT2D eigenvalue weighted by atomic mass is 9.48. The van der Waals surface area contributed by atoms with Crippen molar-refractivity contribution in [2.75, 3.05) is 0 Å². The zero-order valence-electron chi connectivity index (χ0n) is 17.1. The van der Waals surface area contributed by atoms with Gasteiger partial charge in [0, 0.05) is 6.42 Å². The van der Waals surface area contributed by atoms with Crippen LogP contribution in [0.2, 0.25) is 0 Å². The SMILES string of the molecule is OOOSC(F)(F)C(F)(F)OC(F)(F)C(F)(F)CCCCCC12CC3CC(CC(C3)C1)C2. The fraction of sp³-hybridized carbons (Fsp3) is 1.00. The van der Waals surface area contributed by atoms with E-state index in [2.05, 4.69) is 14.1 Å². The Morgan fingerprint density at radius 3 is 1.81 bits per heavy atom. The highest BCUT2D eigenvalue weighted by Gasteiger charge is 2.69. The molecule has 0 atom stereocenters. The molecule has 4 nitrogen and oxygen atoms in total. The Labute approximate surface area is 184 Å². The van der Waals surface area contributed by atoms with Crippen LogP contribution in [0, 0.1) is 23.2 Å². The van der Waals surface area contributed by atoms with E-state index in [0.29, 0.717) is 24.2 Å². The maximum absolute atomic E-state index is 13.9. The molecule has 0 aliphatic heterocycles. The first-order valence-corrected chi connectivity index (χ1v) is 11.3. The minimum Gasteiger partial charge on any atom is -0.245 e. The van der Waals surface area contributed by atoms with E-state index in [1.807, 2.05) is 0 Å². The van der Waals surface area contributed by atoms with Crippen LogP contribution < -0.4 is 0 Å². The molecule has 4 fully saturated rings. The fourth-order valence-electron chi connectivity index (χ4n) is 6.17. The lowest BCUT2D eigenvalue weighted by molar-refractivity contribution is -0.461. The average molecular weight is 502 g/mol. The minimum absolute atomic E-state index is 0.192. The number of hydrogen-bond acceptors (Lipinski definition) is 5.